The summed E-state index contributed by atoms with van der Waals surface area (Å²) in [5.41, 5.74) is 0.970. The number of nitrogens with zero attached hydrogens (tertiary/aromatic N) is 2. The zero-order valence-corrected chi connectivity index (χ0v) is 17.5. The van der Waals surface area contributed by atoms with Crippen molar-refractivity contribution in [2.24, 2.45) is 10.1 Å². The van der Waals surface area contributed by atoms with E-state index in [0.29, 0.717) is 37.3 Å². The van der Waals surface area contributed by atoms with Crippen LogP contribution in [0.15, 0.2) is 31.9 Å². The lowest BCUT2D eigenvalue weighted by molar-refractivity contribution is 0.372. The molecule has 0 saturated heterocycles. The highest BCUT2D eigenvalue weighted by atomic mass is 32.2. The van der Waals surface area contributed by atoms with E-state index in [-0.39, 0.29) is 4.21 Å². The van der Waals surface area contributed by atoms with Gasteiger partial charge in [0.05, 0.1) is 12.2 Å². The number of hydrogen-bond acceptors (Lipinski definition) is 6. The van der Waals surface area contributed by atoms with E-state index in [1.54, 1.807) is 6.07 Å². The summed E-state index contributed by atoms with van der Waals surface area (Å²) < 4.78 is 28.2. The number of sulfonamides is 1. The first kappa shape index (κ1) is 21.4. The van der Waals surface area contributed by atoms with Gasteiger partial charge in [-0.3, -0.25) is 0 Å². The maximum atomic E-state index is 11.4. The van der Waals surface area contributed by atoms with Crippen LogP contribution in [0.5, 0.6) is 0 Å². The van der Waals surface area contributed by atoms with E-state index in [1.807, 2.05) is 13.0 Å². The molecule has 0 saturated carbocycles. The van der Waals surface area contributed by atoms with E-state index >= 15 is 0 Å². The second-order valence-corrected chi connectivity index (χ2v) is 9.00. The van der Waals surface area contributed by atoms with Crippen molar-refractivity contribution in [1.29, 1.82) is 0 Å². The fourth-order valence-corrected chi connectivity index (χ4v) is 4.30. The maximum Gasteiger partial charge on any atom is 0.247 e. The molecule has 0 aliphatic carbocycles. The molecule has 4 N–H and O–H groups in total. The van der Waals surface area contributed by atoms with Crippen molar-refractivity contribution in [1.82, 2.24) is 15.8 Å². The van der Waals surface area contributed by atoms with Crippen LogP contribution in [0.25, 0.3) is 0 Å². The maximum absolute atomic E-state index is 11.4. The topological polar surface area (TPSA) is 123 Å². The number of aliphatic imine (C=N–C) groups is 1. The van der Waals surface area contributed by atoms with Gasteiger partial charge < -0.3 is 15.2 Å². The molecule has 0 radical (unpaired) electrons. The molecule has 10 heteroatoms. The van der Waals surface area contributed by atoms with Gasteiger partial charge in [-0.05, 0) is 31.9 Å². The Balaban J connectivity index is 1.99. The second-order valence-electron chi connectivity index (χ2n) is 6.05. The van der Waals surface area contributed by atoms with Crippen LogP contribution in [0.4, 0.5) is 0 Å². The Morgan fingerprint density at radius 2 is 2.04 bits per heavy atom. The summed E-state index contributed by atoms with van der Waals surface area (Å²) in [7, 11) is -3.66. The fourth-order valence-electron chi connectivity index (χ4n) is 2.58. The lowest BCUT2D eigenvalue weighted by Crippen LogP contribution is -2.36. The third-order valence-electron chi connectivity index (χ3n) is 4.07. The average Bonchev–Trinajstić information content (AvgIpc) is 3.28. The molecule has 0 spiro atoms. The van der Waals surface area contributed by atoms with Crippen molar-refractivity contribution < 1.29 is 12.9 Å². The number of nitrogens with one attached hydrogen (secondary N) is 2. The molecule has 2 aromatic rings. The molecule has 2 rings (SSSR count). The van der Waals surface area contributed by atoms with E-state index in [2.05, 4.69) is 34.6 Å². The Hall–Kier alpha value is -1.91. The first-order chi connectivity index (χ1) is 12.9. The molecule has 0 bridgehead atoms. The quantitative estimate of drug-likeness (QED) is 0.429. The Morgan fingerprint density at radius 3 is 2.63 bits per heavy atom. The van der Waals surface area contributed by atoms with Crippen LogP contribution in [0, 0.1) is 0 Å². The molecule has 27 heavy (non-hydrogen) atoms. The number of thiophene rings is 1. The van der Waals surface area contributed by atoms with Crippen molar-refractivity contribution in [2.45, 2.75) is 56.8 Å². The number of hydrogen-bond donors (Lipinski definition) is 3. The minimum atomic E-state index is -3.66. The summed E-state index contributed by atoms with van der Waals surface area (Å²) in [6.07, 6.45) is 2.05. The molecule has 0 aromatic carbocycles. The molecular formula is C17H27N5O3S2. The number of guanidine groups is 1. The van der Waals surface area contributed by atoms with Gasteiger partial charge in [-0.2, -0.15) is 0 Å². The molecule has 0 aliphatic heterocycles. The highest BCUT2D eigenvalue weighted by Gasteiger charge is 2.13. The van der Waals surface area contributed by atoms with E-state index in [1.165, 1.54) is 6.07 Å². The van der Waals surface area contributed by atoms with E-state index in [4.69, 9.17) is 9.66 Å². The van der Waals surface area contributed by atoms with Gasteiger partial charge in [0.2, 0.25) is 10.0 Å². The first-order valence-electron chi connectivity index (χ1n) is 8.96. The van der Waals surface area contributed by atoms with Crippen LogP contribution in [0.2, 0.25) is 0 Å². The minimum Gasteiger partial charge on any atom is -0.359 e. The first-order valence-corrected chi connectivity index (χ1v) is 11.3. The van der Waals surface area contributed by atoms with Gasteiger partial charge in [-0.15, -0.1) is 11.3 Å². The van der Waals surface area contributed by atoms with Crippen LogP contribution in [0.1, 0.15) is 55.9 Å². The standard InChI is InChI=1S/C17H27N5O3S2/c1-4-12(5-2)15-9-13(25-22-15)10-20-17(19-6-3)21-11-14-7-8-16(26-14)27(18,23)24/h7-9,12H,4-6,10-11H2,1-3H3,(H2,18,23,24)(H2,19,20,21). The van der Waals surface area contributed by atoms with Gasteiger partial charge in [0.25, 0.3) is 0 Å². The Labute approximate surface area is 164 Å². The van der Waals surface area contributed by atoms with Crippen molar-refractivity contribution >= 4 is 27.3 Å². The van der Waals surface area contributed by atoms with Crippen molar-refractivity contribution in [3.63, 3.8) is 0 Å². The summed E-state index contributed by atoms with van der Waals surface area (Å²) >= 11 is 1.14. The molecular weight excluding hydrogens is 386 g/mol. The van der Waals surface area contributed by atoms with E-state index in [9.17, 15) is 8.42 Å². The van der Waals surface area contributed by atoms with E-state index in [0.717, 1.165) is 34.7 Å². The zero-order valence-electron chi connectivity index (χ0n) is 15.9. The zero-order chi connectivity index (χ0) is 19.9. The Morgan fingerprint density at radius 1 is 1.30 bits per heavy atom. The monoisotopic (exact) mass is 413 g/mol. The largest absolute Gasteiger partial charge is 0.359 e. The van der Waals surface area contributed by atoms with Gasteiger partial charge in [-0.25, -0.2) is 18.5 Å². The third-order valence-corrected chi connectivity index (χ3v) is 6.59. The van der Waals surface area contributed by atoms with Crippen LogP contribution >= 0.6 is 11.3 Å². The molecule has 150 valence electrons. The van der Waals surface area contributed by atoms with Gasteiger partial charge >= 0.3 is 0 Å². The normalized spacial score (nSPS) is 12.6. The predicted octanol–water partition coefficient (Wildman–Crippen LogP) is 2.54. The van der Waals surface area contributed by atoms with E-state index < -0.39 is 10.0 Å². The average molecular weight is 414 g/mol. The molecule has 0 unspecified atom stereocenters. The van der Waals surface area contributed by atoms with Crippen LogP contribution < -0.4 is 15.8 Å². The number of primary sulfonamides is 1. The highest BCUT2D eigenvalue weighted by Crippen LogP contribution is 2.22. The van der Waals surface area contributed by atoms with Crippen LogP contribution in [-0.4, -0.2) is 26.1 Å². The summed E-state index contributed by atoms with van der Waals surface area (Å²) in [5.74, 6) is 1.73. The van der Waals surface area contributed by atoms with Crippen molar-refractivity contribution in [2.75, 3.05) is 6.54 Å². The van der Waals surface area contributed by atoms with Crippen LogP contribution in [-0.2, 0) is 23.1 Å². The summed E-state index contributed by atoms with van der Waals surface area (Å²) in [4.78, 5) is 5.35. The fraction of sp³-hybridized carbons (Fsp3) is 0.529. The molecule has 0 fully saturated rings. The molecule has 2 heterocycles. The predicted molar refractivity (Wildman–Crippen MR) is 107 cm³/mol. The summed E-state index contributed by atoms with van der Waals surface area (Å²) in [6.45, 7) is 7.77. The van der Waals surface area contributed by atoms with Crippen molar-refractivity contribution in [3.8, 4) is 0 Å². The minimum absolute atomic E-state index is 0.150. The summed E-state index contributed by atoms with van der Waals surface area (Å²) in [5, 5.41) is 15.6. The molecule has 0 aliphatic rings. The SMILES string of the molecule is CCNC(=NCc1cc(C(CC)CC)no1)NCc1ccc(S(N)(=O)=O)s1. The molecule has 8 nitrogen and oxygen atoms in total. The lowest BCUT2D eigenvalue weighted by atomic mass is 9.99. The Kier molecular flexibility index (Phi) is 7.81. The second kappa shape index (κ2) is 9.86. The van der Waals surface area contributed by atoms with Crippen molar-refractivity contribution in [3.05, 3.63) is 34.5 Å². The number of rotatable bonds is 9. The van der Waals surface area contributed by atoms with Gasteiger partial charge in [0, 0.05) is 23.4 Å². The molecule has 0 atom stereocenters. The van der Waals surface area contributed by atoms with Gasteiger partial charge in [-0.1, -0.05) is 19.0 Å². The van der Waals surface area contributed by atoms with Crippen LogP contribution in [0.3, 0.4) is 0 Å². The third kappa shape index (κ3) is 6.33. The molecule has 0 amide bonds. The molecule has 2 aromatic heterocycles. The van der Waals surface area contributed by atoms with Gasteiger partial charge in [0.1, 0.15) is 10.8 Å². The highest BCUT2D eigenvalue weighted by molar-refractivity contribution is 7.91. The smallest absolute Gasteiger partial charge is 0.247 e. The lowest BCUT2D eigenvalue weighted by Gasteiger charge is -2.09. The van der Waals surface area contributed by atoms with Gasteiger partial charge in [0.15, 0.2) is 11.7 Å². The Bertz CT molecular complexity index is 854. The number of nitrogens with two attached hydrogens (primary N) is 1. The number of aromatic nitrogens is 1. The summed E-state index contributed by atoms with van der Waals surface area (Å²) in [6, 6.07) is 5.21.